The highest BCUT2D eigenvalue weighted by Crippen LogP contribution is 2.46. The first kappa shape index (κ1) is 28.3. The normalized spacial score (nSPS) is 21.5. The van der Waals surface area contributed by atoms with E-state index in [4.69, 9.17) is 13.7 Å². The summed E-state index contributed by atoms with van der Waals surface area (Å²) in [5, 5.41) is 21.6. The largest absolute Gasteiger partial charge is 0.573 e. The first-order chi connectivity index (χ1) is 21.1. The highest BCUT2D eigenvalue weighted by atomic mass is 19.4. The zero-order chi connectivity index (χ0) is 30.6. The van der Waals surface area contributed by atoms with E-state index in [0.29, 0.717) is 24.2 Å². The van der Waals surface area contributed by atoms with Crippen LogP contribution in [-0.2, 0) is 11.3 Å². The number of carboxylic acids is 1. The molecule has 2 unspecified atom stereocenters. The maximum absolute atomic E-state index is 14.0. The second-order valence-corrected chi connectivity index (χ2v) is 11.3. The number of para-hydroxylation sites is 1. The van der Waals surface area contributed by atoms with Gasteiger partial charge in [-0.3, -0.25) is 0 Å². The molecule has 2 aliphatic heterocycles. The third-order valence-corrected chi connectivity index (χ3v) is 8.31. The summed E-state index contributed by atoms with van der Waals surface area (Å²) >= 11 is 0. The molecule has 230 valence electrons. The number of halogens is 4. The highest BCUT2D eigenvalue weighted by molar-refractivity contribution is 5.89. The fourth-order valence-corrected chi connectivity index (χ4v) is 6.27. The van der Waals surface area contributed by atoms with Crippen LogP contribution in [0.15, 0.2) is 51.4 Å². The summed E-state index contributed by atoms with van der Waals surface area (Å²) in [4.78, 5) is 13.4. The van der Waals surface area contributed by atoms with Crippen LogP contribution in [0.2, 0.25) is 0 Å². The van der Waals surface area contributed by atoms with Crippen molar-refractivity contribution < 1.29 is 45.9 Å². The number of carbonyl (C=O) groups is 1. The highest BCUT2D eigenvalue weighted by Gasteiger charge is 2.44. The molecule has 2 atom stereocenters. The Morgan fingerprint density at radius 3 is 2.50 bits per heavy atom. The van der Waals surface area contributed by atoms with Gasteiger partial charge in [0.25, 0.3) is 0 Å². The molecule has 2 bridgehead atoms. The van der Waals surface area contributed by atoms with E-state index in [0.717, 1.165) is 37.8 Å². The van der Waals surface area contributed by atoms with Crippen LogP contribution in [0.5, 0.6) is 5.75 Å². The van der Waals surface area contributed by atoms with Gasteiger partial charge in [-0.15, -0.1) is 18.3 Å². The van der Waals surface area contributed by atoms with Crippen LogP contribution in [0.4, 0.5) is 23.6 Å². The maximum Gasteiger partial charge on any atom is 0.573 e. The zero-order valence-corrected chi connectivity index (χ0v) is 23.1. The van der Waals surface area contributed by atoms with Crippen LogP contribution in [-0.4, -0.2) is 51.0 Å². The number of aromatic carboxylic acids is 1. The lowest BCUT2D eigenvalue weighted by Gasteiger charge is -2.37. The van der Waals surface area contributed by atoms with Crippen molar-refractivity contribution in [3.8, 4) is 28.5 Å². The number of alkyl halides is 3. The molecule has 4 aromatic rings. The van der Waals surface area contributed by atoms with Crippen molar-refractivity contribution in [1.29, 1.82) is 0 Å². The Labute approximate surface area is 247 Å². The number of piperidine rings is 1. The third kappa shape index (κ3) is 5.61. The number of ether oxygens (including phenoxy) is 2. The van der Waals surface area contributed by atoms with E-state index < -0.39 is 18.1 Å². The monoisotopic (exact) mass is 614 g/mol. The van der Waals surface area contributed by atoms with Gasteiger partial charge in [-0.1, -0.05) is 22.4 Å². The lowest BCUT2D eigenvalue weighted by molar-refractivity contribution is -0.274. The maximum atomic E-state index is 14.0. The predicted molar refractivity (Wildman–Crippen MR) is 144 cm³/mol. The summed E-state index contributed by atoms with van der Waals surface area (Å²) in [6.45, 7) is 0.116. The lowest BCUT2D eigenvalue weighted by atomic mass is 9.99. The molecule has 0 amide bonds. The van der Waals surface area contributed by atoms with E-state index in [1.807, 2.05) is 4.90 Å². The molecule has 4 heterocycles. The molecule has 1 N–H and O–H groups in total. The van der Waals surface area contributed by atoms with Gasteiger partial charge in [-0.2, -0.15) is 0 Å². The van der Waals surface area contributed by atoms with Crippen molar-refractivity contribution >= 4 is 12.0 Å². The van der Waals surface area contributed by atoms with Crippen molar-refractivity contribution in [1.82, 2.24) is 15.4 Å². The number of rotatable bonds is 9. The Morgan fingerprint density at radius 2 is 1.80 bits per heavy atom. The quantitative estimate of drug-likeness (QED) is 0.203. The molecular weight excluding hydrogens is 588 g/mol. The van der Waals surface area contributed by atoms with E-state index in [9.17, 15) is 27.5 Å². The summed E-state index contributed by atoms with van der Waals surface area (Å²) in [7, 11) is 0. The zero-order valence-electron chi connectivity index (χ0n) is 23.1. The second kappa shape index (κ2) is 10.9. The molecule has 2 saturated heterocycles. The van der Waals surface area contributed by atoms with Crippen molar-refractivity contribution in [2.24, 2.45) is 0 Å². The van der Waals surface area contributed by atoms with Gasteiger partial charge in [0, 0.05) is 34.7 Å². The van der Waals surface area contributed by atoms with E-state index in [1.165, 1.54) is 24.3 Å². The molecule has 7 rings (SSSR count). The van der Waals surface area contributed by atoms with Crippen molar-refractivity contribution in [2.45, 2.75) is 75.6 Å². The molecule has 10 nitrogen and oxygen atoms in total. The number of nitrogens with zero attached hydrogens (tertiary/aromatic N) is 4. The van der Waals surface area contributed by atoms with Crippen molar-refractivity contribution in [2.75, 3.05) is 4.90 Å². The fraction of sp³-hybridized carbons (Fsp3) is 0.400. The fourth-order valence-electron chi connectivity index (χ4n) is 6.27. The van der Waals surface area contributed by atoms with Crippen LogP contribution >= 0.6 is 0 Å². The standard InChI is InChI=1S/C30H26F4N4O6/c31-18-10-16(9-17(11-18)28(39)40)27-35-36-29(42-27)38-19-7-8-20(38)13-21(12-19)41-14-23-25(37-44-26(23)15-5-6-15)22-3-1-2-4-24(22)43-30(32,33)34/h1-4,9-11,15,19-21H,5-8,12-14H2,(H,39,40). The molecule has 14 heteroatoms. The number of hydrogen-bond acceptors (Lipinski definition) is 9. The first-order valence-corrected chi connectivity index (χ1v) is 14.2. The van der Waals surface area contributed by atoms with Gasteiger partial charge in [0.2, 0.25) is 5.89 Å². The molecule has 2 aromatic heterocycles. The van der Waals surface area contributed by atoms with Gasteiger partial charge in [-0.25, -0.2) is 9.18 Å². The molecular formula is C30H26F4N4O6. The molecule has 2 aromatic carbocycles. The molecule has 3 fully saturated rings. The van der Waals surface area contributed by atoms with Crippen molar-refractivity contribution in [3.63, 3.8) is 0 Å². The van der Waals surface area contributed by atoms with E-state index in [-0.39, 0.29) is 70.8 Å². The van der Waals surface area contributed by atoms with Gasteiger partial charge < -0.3 is 28.4 Å². The molecule has 1 aliphatic carbocycles. The Balaban J connectivity index is 1.07. The van der Waals surface area contributed by atoms with Crippen LogP contribution in [0.3, 0.4) is 0 Å². The van der Waals surface area contributed by atoms with E-state index >= 15 is 0 Å². The number of hydrogen-bond donors (Lipinski definition) is 1. The predicted octanol–water partition coefficient (Wildman–Crippen LogP) is 6.72. The van der Waals surface area contributed by atoms with Crippen LogP contribution in [0, 0.1) is 5.82 Å². The van der Waals surface area contributed by atoms with Crippen LogP contribution < -0.4 is 9.64 Å². The minimum Gasteiger partial charge on any atom is -0.478 e. The van der Waals surface area contributed by atoms with Gasteiger partial charge in [-0.05, 0) is 68.9 Å². The summed E-state index contributed by atoms with van der Waals surface area (Å²) < 4.78 is 75.5. The topological polar surface area (TPSA) is 124 Å². The van der Waals surface area contributed by atoms with Crippen LogP contribution in [0.25, 0.3) is 22.7 Å². The van der Waals surface area contributed by atoms with E-state index in [2.05, 4.69) is 20.1 Å². The Morgan fingerprint density at radius 1 is 1.05 bits per heavy atom. The molecule has 0 radical (unpaired) electrons. The van der Waals surface area contributed by atoms with Gasteiger partial charge >= 0.3 is 18.3 Å². The van der Waals surface area contributed by atoms with Gasteiger partial charge in [0.1, 0.15) is 23.0 Å². The Kier molecular flexibility index (Phi) is 7.03. The number of fused-ring (bicyclic) bond motifs is 2. The Hall–Kier alpha value is -4.46. The van der Waals surface area contributed by atoms with Crippen molar-refractivity contribution in [3.05, 3.63) is 65.2 Å². The number of benzene rings is 2. The summed E-state index contributed by atoms with van der Waals surface area (Å²) in [5.74, 6) is -1.56. The third-order valence-electron chi connectivity index (χ3n) is 8.31. The number of carboxylic acid groups (broad SMARTS) is 1. The Bertz CT molecular complexity index is 1690. The summed E-state index contributed by atoms with van der Waals surface area (Å²) in [6, 6.07) is 9.50. The van der Waals surface area contributed by atoms with E-state index in [1.54, 1.807) is 6.07 Å². The molecule has 44 heavy (non-hydrogen) atoms. The number of anilines is 1. The smallest absolute Gasteiger partial charge is 0.478 e. The first-order valence-electron chi connectivity index (χ1n) is 14.2. The molecule has 1 saturated carbocycles. The minimum atomic E-state index is -4.86. The second-order valence-electron chi connectivity index (χ2n) is 11.3. The molecule has 3 aliphatic rings. The average molecular weight is 615 g/mol. The van der Waals surface area contributed by atoms with Gasteiger partial charge in [0.05, 0.1) is 18.3 Å². The lowest BCUT2D eigenvalue weighted by Crippen LogP contribution is -2.45. The SMILES string of the molecule is O=C(O)c1cc(F)cc(-c2nnc(N3C4CCC3CC(OCc3c(-c5ccccc5OC(F)(F)F)noc3C3CC3)C4)o2)c1. The van der Waals surface area contributed by atoms with Crippen LogP contribution in [0.1, 0.15) is 66.1 Å². The number of aromatic nitrogens is 3. The minimum absolute atomic E-state index is 0.0159. The summed E-state index contributed by atoms with van der Waals surface area (Å²) in [6.07, 6.45) is -0.188. The summed E-state index contributed by atoms with van der Waals surface area (Å²) in [5.41, 5.74) is 1.02. The average Bonchev–Trinajstić information content (AvgIpc) is 3.43. The van der Waals surface area contributed by atoms with Gasteiger partial charge in [0.15, 0.2) is 0 Å². The molecule has 0 spiro atoms.